The van der Waals surface area contributed by atoms with E-state index in [-0.39, 0.29) is 16.2 Å². The minimum atomic E-state index is -3.91. The summed E-state index contributed by atoms with van der Waals surface area (Å²) in [5, 5.41) is 3.80. The highest BCUT2D eigenvalue weighted by Gasteiger charge is 2.19. The smallest absolute Gasteiger partial charge is 0.335 e. The van der Waals surface area contributed by atoms with E-state index in [1.54, 1.807) is 18.4 Å². The number of thiophene rings is 1. The van der Waals surface area contributed by atoms with E-state index in [1.165, 1.54) is 13.2 Å². The lowest BCUT2D eigenvalue weighted by atomic mass is 10.7. The number of aromatic nitrogens is 3. The van der Waals surface area contributed by atoms with E-state index in [0.717, 1.165) is 11.3 Å². The maximum Gasteiger partial charge on any atom is 0.335 e. The normalized spacial score (nSPS) is 11.0. The molecule has 2 heterocycles. The van der Waals surface area contributed by atoms with Crippen molar-refractivity contribution in [2.24, 2.45) is 0 Å². The first kappa shape index (κ1) is 15.1. The van der Waals surface area contributed by atoms with Crippen molar-refractivity contribution in [2.45, 2.75) is 11.1 Å². The van der Waals surface area contributed by atoms with Crippen molar-refractivity contribution in [1.82, 2.24) is 19.7 Å². The first-order chi connectivity index (χ1) is 9.90. The average Bonchev–Trinajstić information content (AvgIpc) is 2.91. The van der Waals surface area contributed by atoms with Crippen LogP contribution in [-0.2, 0) is 10.0 Å². The van der Waals surface area contributed by atoms with Crippen molar-refractivity contribution in [2.75, 3.05) is 12.4 Å². The van der Waals surface area contributed by atoms with Crippen LogP contribution in [0.3, 0.4) is 0 Å². The van der Waals surface area contributed by atoms with Gasteiger partial charge < -0.3 is 4.74 Å². The van der Waals surface area contributed by atoms with E-state index in [4.69, 9.17) is 4.74 Å². The maximum absolute atomic E-state index is 11.8. The SMILES string of the molecule is COc1nc(C)nc(NC(=O)NS(=O)(=O)c2cccs2)n1. The lowest BCUT2D eigenvalue weighted by molar-refractivity contribution is 0.256. The van der Waals surface area contributed by atoms with Crippen LogP contribution < -0.4 is 14.8 Å². The number of carbonyl (C=O) groups is 1. The van der Waals surface area contributed by atoms with Gasteiger partial charge in [0.2, 0.25) is 5.95 Å². The van der Waals surface area contributed by atoms with Crippen LogP contribution in [0.2, 0.25) is 0 Å². The minimum Gasteiger partial charge on any atom is -0.467 e. The molecule has 21 heavy (non-hydrogen) atoms. The van der Waals surface area contributed by atoms with E-state index in [9.17, 15) is 13.2 Å². The number of aryl methyl sites for hydroxylation is 1. The van der Waals surface area contributed by atoms with Crippen LogP contribution in [-0.4, -0.2) is 36.5 Å². The number of nitrogens with one attached hydrogen (secondary N) is 2. The lowest BCUT2D eigenvalue weighted by Gasteiger charge is -2.07. The Kier molecular flexibility index (Phi) is 4.33. The molecule has 2 aromatic rings. The van der Waals surface area contributed by atoms with Crippen LogP contribution >= 0.6 is 11.3 Å². The van der Waals surface area contributed by atoms with Gasteiger partial charge in [-0.2, -0.15) is 15.0 Å². The number of sulfonamides is 1. The predicted molar refractivity (Wildman–Crippen MR) is 74.8 cm³/mol. The molecule has 0 aliphatic heterocycles. The van der Waals surface area contributed by atoms with Crippen LogP contribution in [0.25, 0.3) is 0 Å². The standard InChI is InChI=1S/C10H11N5O4S2/c1-6-11-8(14-10(12-6)19-2)13-9(16)15-21(17,18)7-4-3-5-20-7/h3-5H,1-2H3,(H2,11,12,13,14,15,16). The van der Waals surface area contributed by atoms with Crippen molar-refractivity contribution >= 4 is 33.3 Å². The van der Waals surface area contributed by atoms with Gasteiger partial charge in [0, 0.05) is 0 Å². The van der Waals surface area contributed by atoms with Crippen molar-refractivity contribution in [3.8, 4) is 6.01 Å². The first-order valence-corrected chi connectivity index (χ1v) is 7.91. The summed E-state index contributed by atoms with van der Waals surface area (Å²) in [4.78, 5) is 23.2. The highest BCUT2D eigenvalue weighted by atomic mass is 32.2. The third-order valence-electron chi connectivity index (χ3n) is 2.12. The minimum absolute atomic E-state index is 0.0129. The molecule has 2 amide bonds. The molecule has 0 radical (unpaired) electrons. The van der Waals surface area contributed by atoms with Crippen LogP contribution in [0.15, 0.2) is 21.7 Å². The van der Waals surface area contributed by atoms with Crippen molar-refractivity contribution < 1.29 is 17.9 Å². The molecule has 0 unspecified atom stereocenters. The molecule has 0 aromatic carbocycles. The molecule has 2 rings (SSSR count). The largest absolute Gasteiger partial charge is 0.467 e. The molecule has 0 bridgehead atoms. The van der Waals surface area contributed by atoms with Gasteiger partial charge in [-0.05, 0) is 18.4 Å². The molecule has 112 valence electrons. The van der Waals surface area contributed by atoms with Gasteiger partial charge in [-0.15, -0.1) is 11.3 Å². The number of nitrogens with zero attached hydrogens (tertiary/aromatic N) is 3. The molecular formula is C10H11N5O4S2. The summed E-state index contributed by atoms with van der Waals surface area (Å²) in [5.74, 6) is 0.205. The van der Waals surface area contributed by atoms with Gasteiger partial charge in [-0.25, -0.2) is 17.9 Å². The van der Waals surface area contributed by atoms with Crippen molar-refractivity contribution in [3.05, 3.63) is 23.3 Å². The van der Waals surface area contributed by atoms with Gasteiger partial charge in [0.05, 0.1) is 7.11 Å². The third-order valence-corrected chi connectivity index (χ3v) is 4.85. The fourth-order valence-corrected chi connectivity index (χ4v) is 3.22. The zero-order chi connectivity index (χ0) is 15.5. The van der Waals surface area contributed by atoms with Gasteiger partial charge in [0.25, 0.3) is 10.0 Å². The Balaban J connectivity index is 2.10. The number of amides is 2. The Morgan fingerprint density at radius 2 is 2.10 bits per heavy atom. The van der Waals surface area contributed by atoms with Gasteiger partial charge in [-0.3, -0.25) is 5.32 Å². The first-order valence-electron chi connectivity index (χ1n) is 5.54. The van der Waals surface area contributed by atoms with E-state index in [0.29, 0.717) is 5.82 Å². The highest BCUT2D eigenvalue weighted by Crippen LogP contribution is 2.15. The van der Waals surface area contributed by atoms with Crippen LogP contribution in [0, 0.1) is 6.92 Å². The fraction of sp³-hybridized carbons (Fsp3) is 0.200. The van der Waals surface area contributed by atoms with E-state index < -0.39 is 16.1 Å². The molecule has 0 saturated carbocycles. The number of hydrogen-bond donors (Lipinski definition) is 2. The van der Waals surface area contributed by atoms with Gasteiger partial charge in [-0.1, -0.05) is 6.07 Å². The summed E-state index contributed by atoms with van der Waals surface area (Å²) in [5.41, 5.74) is 0. The number of rotatable bonds is 4. The van der Waals surface area contributed by atoms with E-state index in [2.05, 4.69) is 20.3 Å². The number of carbonyl (C=O) groups excluding carboxylic acids is 1. The monoisotopic (exact) mass is 329 g/mol. The zero-order valence-electron chi connectivity index (χ0n) is 11.0. The lowest BCUT2D eigenvalue weighted by Crippen LogP contribution is -2.34. The van der Waals surface area contributed by atoms with Crippen LogP contribution in [0.4, 0.5) is 10.7 Å². The fourth-order valence-electron chi connectivity index (χ4n) is 1.32. The predicted octanol–water partition coefficient (Wildman–Crippen LogP) is 0.761. The summed E-state index contributed by atoms with van der Waals surface area (Å²) >= 11 is 0.995. The summed E-state index contributed by atoms with van der Waals surface area (Å²) in [6.07, 6.45) is 0. The Morgan fingerprint density at radius 3 is 2.71 bits per heavy atom. The number of methoxy groups -OCH3 is 1. The van der Waals surface area contributed by atoms with Gasteiger partial charge in [0.15, 0.2) is 0 Å². The van der Waals surface area contributed by atoms with Gasteiger partial charge in [0.1, 0.15) is 10.0 Å². The summed E-state index contributed by atoms with van der Waals surface area (Å²) in [7, 11) is -2.55. The van der Waals surface area contributed by atoms with Crippen molar-refractivity contribution in [3.63, 3.8) is 0 Å². The Hall–Kier alpha value is -2.27. The molecule has 0 fully saturated rings. The Morgan fingerprint density at radius 1 is 1.33 bits per heavy atom. The summed E-state index contributed by atoms with van der Waals surface area (Å²) in [6, 6.07) is 1.99. The second-order valence-electron chi connectivity index (χ2n) is 3.68. The number of hydrogen-bond acceptors (Lipinski definition) is 8. The topological polar surface area (TPSA) is 123 Å². The summed E-state index contributed by atoms with van der Waals surface area (Å²) in [6.45, 7) is 1.58. The number of urea groups is 1. The third kappa shape index (κ3) is 3.86. The number of ether oxygens (including phenoxy) is 1. The molecular weight excluding hydrogens is 318 g/mol. The van der Waals surface area contributed by atoms with Crippen molar-refractivity contribution in [1.29, 1.82) is 0 Å². The number of anilines is 1. The van der Waals surface area contributed by atoms with E-state index >= 15 is 0 Å². The molecule has 0 spiro atoms. The second-order valence-corrected chi connectivity index (χ2v) is 6.54. The van der Waals surface area contributed by atoms with Crippen LogP contribution in [0.1, 0.15) is 5.82 Å². The Bertz CT molecular complexity index is 745. The molecule has 0 aliphatic rings. The quantitative estimate of drug-likeness (QED) is 0.848. The maximum atomic E-state index is 11.8. The highest BCUT2D eigenvalue weighted by molar-refractivity contribution is 7.92. The van der Waals surface area contributed by atoms with Gasteiger partial charge >= 0.3 is 12.0 Å². The molecule has 2 aromatic heterocycles. The Labute approximate surface area is 124 Å². The second kappa shape index (κ2) is 6.01. The average molecular weight is 329 g/mol. The summed E-state index contributed by atoms with van der Waals surface area (Å²) < 4.78 is 30.4. The molecule has 0 aliphatic carbocycles. The molecule has 11 heteroatoms. The zero-order valence-corrected chi connectivity index (χ0v) is 12.7. The molecule has 0 atom stereocenters. The van der Waals surface area contributed by atoms with Crippen LogP contribution in [0.5, 0.6) is 6.01 Å². The molecule has 0 saturated heterocycles. The van der Waals surface area contributed by atoms with E-state index in [1.807, 2.05) is 4.72 Å². The molecule has 9 nitrogen and oxygen atoms in total. The molecule has 2 N–H and O–H groups in total.